The molecule has 0 atom stereocenters. The van der Waals surface area contributed by atoms with Gasteiger partial charge in [0.15, 0.2) is 0 Å². The molecule has 0 bridgehead atoms. The van der Waals surface area contributed by atoms with Gasteiger partial charge in [-0.05, 0) is 46.6 Å². The molecule has 1 aromatic heterocycles. The average Bonchev–Trinajstić information content (AvgIpc) is 2.31. The fourth-order valence-electron chi connectivity index (χ4n) is 1.45. The number of carbonyl (C=O) groups is 1. The number of aryl methyl sites for hydroxylation is 1. The van der Waals surface area contributed by atoms with Crippen molar-refractivity contribution in [1.29, 1.82) is 0 Å². The van der Waals surface area contributed by atoms with Gasteiger partial charge < -0.3 is 9.84 Å². The number of hydrogen-bond donors (Lipinski definition) is 1. The van der Waals surface area contributed by atoms with Crippen LogP contribution in [0.1, 0.15) is 15.9 Å². The summed E-state index contributed by atoms with van der Waals surface area (Å²) >= 11 is 3.18. The SMILES string of the molecule is Cc1cccc(Oc2ncc(Br)cc2C(=O)O)c1. The summed E-state index contributed by atoms with van der Waals surface area (Å²) in [6.07, 6.45) is 1.50. The number of halogens is 1. The topological polar surface area (TPSA) is 59.4 Å². The first-order chi connectivity index (χ1) is 8.56. The van der Waals surface area contributed by atoms with E-state index in [2.05, 4.69) is 20.9 Å². The second kappa shape index (κ2) is 5.18. The highest BCUT2D eigenvalue weighted by Crippen LogP contribution is 2.25. The zero-order chi connectivity index (χ0) is 13.1. The normalized spacial score (nSPS) is 10.1. The second-order valence-corrected chi connectivity index (χ2v) is 4.65. The number of rotatable bonds is 3. The van der Waals surface area contributed by atoms with Gasteiger partial charge in [0.25, 0.3) is 0 Å². The Balaban J connectivity index is 2.37. The standard InChI is InChI=1S/C13H10BrNO3/c1-8-3-2-4-10(5-8)18-12-11(13(16)17)6-9(14)7-15-12/h2-7H,1H3,(H,16,17). The van der Waals surface area contributed by atoms with Crippen LogP contribution in [0.2, 0.25) is 0 Å². The first-order valence-electron chi connectivity index (χ1n) is 5.19. The van der Waals surface area contributed by atoms with E-state index in [-0.39, 0.29) is 11.4 Å². The number of pyridine rings is 1. The Hall–Kier alpha value is -1.88. The maximum absolute atomic E-state index is 11.1. The highest BCUT2D eigenvalue weighted by Gasteiger charge is 2.14. The van der Waals surface area contributed by atoms with Crippen molar-refractivity contribution >= 4 is 21.9 Å². The van der Waals surface area contributed by atoms with E-state index in [9.17, 15) is 4.79 Å². The van der Waals surface area contributed by atoms with Crippen LogP contribution in [-0.2, 0) is 0 Å². The molecule has 2 rings (SSSR count). The summed E-state index contributed by atoms with van der Waals surface area (Å²) in [5.74, 6) is -0.435. The molecule has 5 heteroatoms. The van der Waals surface area contributed by atoms with Crippen LogP contribution in [0, 0.1) is 6.92 Å². The quantitative estimate of drug-likeness (QED) is 0.940. The molecule has 0 saturated carbocycles. The molecule has 2 aromatic rings. The third-order valence-electron chi connectivity index (χ3n) is 2.25. The van der Waals surface area contributed by atoms with E-state index in [1.54, 1.807) is 6.07 Å². The molecule has 4 nitrogen and oxygen atoms in total. The van der Waals surface area contributed by atoms with Crippen LogP contribution in [0.3, 0.4) is 0 Å². The summed E-state index contributed by atoms with van der Waals surface area (Å²) in [5.41, 5.74) is 1.05. The Morgan fingerprint density at radius 3 is 2.83 bits per heavy atom. The molecule has 0 amide bonds. The van der Waals surface area contributed by atoms with E-state index in [1.165, 1.54) is 12.3 Å². The van der Waals surface area contributed by atoms with Gasteiger partial charge in [-0.2, -0.15) is 0 Å². The Bertz CT molecular complexity index is 599. The summed E-state index contributed by atoms with van der Waals surface area (Å²) in [6.45, 7) is 1.93. The minimum absolute atomic E-state index is 0.0193. The number of aromatic nitrogens is 1. The number of benzene rings is 1. The number of aromatic carboxylic acids is 1. The molecular formula is C13H10BrNO3. The van der Waals surface area contributed by atoms with Crippen LogP contribution in [0.25, 0.3) is 0 Å². The zero-order valence-corrected chi connectivity index (χ0v) is 11.1. The van der Waals surface area contributed by atoms with Crippen LogP contribution in [0.5, 0.6) is 11.6 Å². The van der Waals surface area contributed by atoms with Gasteiger partial charge in [0.1, 0.15) is 11.3 Å². The summed E-state index contributed by atoms with van der Waals surface area (Å²) in [6, 6.07) is 8.79. The fourth-order valence-corrected chi connectivity index (χ4v) is 1.78. The Morgan fingerprint density at radius 2 is 2.17 bits per heavy atom. The monoisotopic (exact) mass is 307 g/mol. The molecule has 0 radical (unpaired) electrons. The summed E-state index contributed by atoms with van der Waals surface area (Å²) in [7, 11) is 0. The molecule has 1 heterocycles. The lowest BCUT2D eigenvalue weighted by atomic mass is 10.2. The highest BCUT2D eigenvalue weighted by molar-refractivity contribution is 9.10. The smallest absolute Gasteiger partial charge is 0.341 e. The number of carboxylic acid groups (broad SMARTS) is 1. The largest absolute Gasteiger partial charge is 0.477 e. The summed E-state index contributed by atoms with van der Waals surface area (Å²) in [5, 5.41) is 9.08. The molecule has 0 spiro atoms. The van der Waals surface area contributed by atoms with Gasteiger partial charge in [-0.25, -0.2) is 9.78 Å². The third kappa shape index (κ3) is 2.87. The van der Waals surface area contributed by atoms with Gasteiger partial charge in [0.2, 0.25) is 5.88 Å². The van der Waals surface area contributed by atoms with Crippen molar-refractivity contribution in [3.63, 3.8) is 0 Å². The van der Waals surface area contributed by atoms with E-state index in [4.69, 9.17) is 9.84 Å². The van der Waals surface area contributed by atoms with Crippen molar-refractivity contribution in [1.82, 2.24) is 4.98 Å². The highest BCUT2D eigenvalue weighted by atomic mass is 79.9. The molecule has 0 aliphatic heterocycles. The Morgan fingerprint density at radius 1 is 1.39 bits per heavy atom. The molecule has 0 saturated heterocycles. The number of ether oxygens (including phenoxy) is 1. The fraction of sp³-hybridized carbons (Fsp3) is 0.0769. The van der Waals surface area contributed by atoms with Crippen molar-refractivity contribution in [2.45, 2.75) is 6.92 Å². The van der Waals surface area contributed by atoms with Gasteiger partial charge in [-0.15, -0.1) is 0 Å². The first-order valence-corrected chi connectivity index (χ1v) is 5.99. The van der Waals surface area contributed by atoms with Crippen LogP contribution < -0.4 is 4.74 Å². The van der Waals surface area contributed by atoms with Crippen LogP contribution >= 0.6 is 15.9 Å². The minimum atomic E-state index is -1.08. The maximum Gasteiger partial charge on any atom is 0.341 e. The van der Waals surface area contributed by atoms with Crippen LogP contribution in [0.15, 0.2) is 41.0 Å². The van der Waals surface area contributed by atoms with Crippen molar-refractivity contribution < 1.29 is 14.6 Å². The predicted octanol–water partition coefficient (Wildman–Crippen LogP) is 3.64. The van der Waals surface area contributed by atoms with Gasteiger partial charge in [-0.3, -0.25) is 0 Å². The molecule has 0 fully saturated rings. The maximum atomic E-state index is 11.1. The molecule has 92 valence electrons. The summed E-state index contributed by atoms with van der Waals surface area (Å²) < 4.78 is 6.09. The third-order valence-corrected chi connectivity index (χ3v) is 2.69. The Kier molecular flexibility index (Phi) is 3.62. The van der Waals surface area contributed by atoms with Crippen molar-refractivity contribution in [2.24, 2.45) is 0 Å². The van der Waals surface area contributed by atoms with Crippen molar-refractivity contribution in [2.75, 3.05) is 0 Å². The average molecular weight is 308 g/mol. The molecule has 18 heavy (non-hydrogen) atoms. The lowest BCUT2D eigenvalue weighted by Gasteiger charge is -2.08. The number of hydrogen-bond acceptors (Lipinski definition) is 3. The molecule has 0 aliphatic carbocycles. The lowest BCUT2D eigenvalue weighted by molar-refractivity contribution is 0.0693. The van der Waals surface area contributed by atoms with Crippen LogP contribution in [0.4, 0.5) is 0 Å². The zero-order valence-electron chi connectivity index (χ0n) is 9.55. The van der Waals surface area contributed by atoms with Gasteiger partial charge >= 0.3 is 5.97 Å². The second-order valence-electron chi connectivity index (χ2n) is 3.73. The van der Waals surface area contributed by atoms with Gasteiger partial charge in [-0.1, -0.05) is 12.1 Å². The van der Waals surface area contributed by atoms with Crippen molar-refractivity contribution in [3.05, 3.63) is 52.1 Å². The summed E-state index contributed by atoms with van der Waals surface area (Å²) in [4.78, 5) is 15.1. The van der Waals surface area contributed by atoms with E-state index >= 15 is 0 Å². The van der Waals surface area contributed by atoms with E-state index in [0.717, 1.165) is 5.56 Å². The predicted molar refractivity (Wildman–Crippen MR) is 70.1 cm³/mol. The van der Waals surface area contributed by atoms with E-state index < -0.39 is 5.97 Å². The number of nitrogens with zero attached hydrogens (tertiary/aromatic N) is 1. The molecular weight excluding hydrogens is 298 g/mol. The van der Waals surface area contributed by atoms with Gasteiger partial charge in [0.05, 0.1) is 0 Å². The molecule has 1 N–H and O–H groups in total. The molecule has 0 unspecified atom stereocenters. The number of carboxylic acids is 1. The van der Waals surface area contributed by atoms with Crippen LogP contribution in [-0.4, -0.2) is 16.1 Å². The van der Waals surface area contributed by atoms with E-state index in [1.807, 2.05) is 25.1 Å². The van der Waals surface area contributed by atoms with Crippen molar-refractivity contribution in [3.8, 4) is 11.6 Å². The first kappa shape index (κ1) is 12.6. The minimum Gasteiger partial charge on any atom is -0.477 e. The lowest BCUT2D eigenvalue weighted by Crippen LogP contribution is -2.02. The molecule has 0 aliphatic rings. The molecule has 1 aromatic carbocycles. The van der Waals surface area contributed by atoms with Gasteiger partial charge in [0, 0.05) is 10.7 Å². The van der Waals surface area contributed by atoms with E-state index in [0.29, 0.717) is 10.2 Å². The Labute approximate surface area is 112 Å².